The molecule has 0 radical (unpaired) electrons. The maximum atomic E-state index is 3.92. The van der Waals surface area contributed by atoms with Crippen LogP contribution in [0.2, 0.25) is 0 Å². The Kier molecular flexibility index (Phi) is 5.17. The van der Waals surface area contributed by atoms with Gasteiger partial charge in [0, 0.05) is 4.48 Å². The number of hydrogen-bond acceptors (Lipinski definition) is 2. The van der Waals surface area contributed by atoms with Crippen LogP contribution in [0.25, 0.3) is 0 Å². The van der Waals surface area contributed by atoms with Crippen molar-refractivity contribution in [2.24, 2.45) is 9.98 Å². The van der Waals surface area contributed by atoms with Crippen LogP contribution in [0, 0.1) is 0 Å². The summed E-state index contributed by atoms with van der Waals surface area (Å²) in [6, 6.07) is 2.85. The van der Waals surface area contributed by atoms with Crippen molar-refractivity contribution in [2.75, 3.05) is 6.54 Å². The molecule has 0 spiro atoms. The first kappa shape index (κ1) is 9.60. The van der Waals surface area contributed by atoms with Gasteiger partial charge in [0.05, 0.1) is 18.6 Å². The average molecular weight is 203 g/mol. The highest BCUT2D eigenvalue weighted by Gasteiger charge is 1.81. The van der Waals surface area contributed by atoms with Gasteiger partial charge in [-0.25, -0.2) is 9.98 Å². The minimum absolute atomic E-state index is 0.271. The van der Waals surface area contributed by atoms with Crippen molar-refractivity contribution < 1.29 is 0 Å². The summed E-state index contributed by atoms with van der Waals surface area (Å²) < 4.78 is 0.846. The van der Waals surface area contributed by atoms with Gasteiger partial charge < -0.3 is 0 Å². The van der Waals surface area contributed by atoms with E-state index < -0.39 is 0 Å². The molecule has 0 saturated carbocycles. The summed E-state index contributed by atoms with van der Waals surface area (Å²) in [7, 11) is 0. The molecule has 56 valence electrons. The fraction of sp³-hybridized carbons (Fsp3) is 0.571. The minimum Gasteiger partial charge on any atom is -0.223 e. The summed E-state index contributed by atoms with van der Waals surface area (Å²) in [5.74, 6) is 0. The highest BCUT2D eigenvalue weighted by Crippen LogP contribution is 1.98. The third-order valence-corrected chi connectivity index (χ3v) is 0.888. The van der Waals surface area contributed by atoms with Crippen LogP contribution < -0.4 is 0 Å². The summed E-state index contributed by atoms with van der Waals surface area (Å²) in [6.07, 6.45) is 0. The van der Waals surface area contributed by atoms with E-state index in [9.17, 15) is 0 Å². The number of halogens is 1. The van der Waals surface area contributed by atoms with Crippen LogP contribution in [0.3, 0.4) is 0 Å². The highest BCUT2D eigenvalue weighted by atomic mass is 79.9. The molecule has 3 heteroatoms. The van der Waals surface area contributed by atoms with Crippen molar-refractivity contribution in [2.45, 2.75) is 19.9 Å². The first-order valence-electron chi connectivity index (χ1n) is 3.07. The zero-order valence-electron chi connectivity index (χ0n) is 6.26. The maximum Gasteiger partial charge on any atom is 0.0898 e. The molecule has 0 aromatic heterocycles. The summed E-state index contributed by atoms with van der Waals surface area (Å²) in [6.45, 7) is 8.12. The average Bonchev–Trinajstić information content (AvgIpc) is 1.79. The van der Waals surface area contributed by atoms with Gasteiger partial charge in [-0.05, 0) is 13.8 Å². The Hall–Kier alpha value is -0.400. The number of rotatable bonds is 3. The highest BCUT2D eigenvalue weighted by molar-refractivity contribution is 9.11. The second-order valence-corrected chi connectivity index (χ2v) is 3.28. The Bertz CT molecular complexity index is 166. The zero-order chi connectivity index (χ0) is 7.98. The van der Waals surface area contributed by atoms with Crippen molar-refractivity contribution in [3.63, 3.8) is 0 Å². The Morgan fingerprint density at radius 3 is 2.70 bits per heavy atom. The largest absolute Gasteiger partial charge is 0.223 e. The van der Waals surface area contributed by atoms with Crippen LogP contribution in [0.1, 0.15) is 13.8 Å². The molecule has 0 amide bonds. The van der Waals surface area contributed by atoms with E-state index in [4.69, 9.17) is 0 Å². The topological polar surface area (TPSA) is 24.7 Å². The molecule has 0 saturated heterocycles. The Balaban J connectivity index is 3.65. The van der Waals surface area contributed by atoms with Crippen LogP contribution in [0.5, 0.6) is 0 Å². The predicted molar refractivity (Wildman–Crippen MR) is 47.9 cm³/mol. The third-order valence-electron chi connectivity index (χ3n) is 0.637. The SMILES string of the molecule is C=C(Br)CN=C=NC(C)C. The summed E-state index contributed by atoms with van der Waals surface area (Å²) in [5.41, 5.74) is 0. The fourth-order valence-corrected chi connectivity index (χ4v) is 0.403. The lowest BCUT2D eigenvalue weighted by Crippen LogP contribution is -1.85. The third kappa shape index (κ3) is 7.60. The molecule has 0 rings (SSSR count). The molecule has 0 unspecified atom stereocenters. The first-order chi connectivity index (χ1) is 4.63. The molecule has 2 nitrogen and oxygen atoms in total. The van der Waals surface area contributed by atoms with Crippen LogP contribution in [-0.2, 0) is 0 Å². The van der Waals surface area contributed by atoms with Crippen molar-refractivity contribution in [3.05, 3.63) is 11.1 Å². The molecule has 0 bridgehead atoms. The van der Waals surface area contributed by atoms with Crippen molar-refractivity contribution in [3.8, 4) is 0 Å². The van der Waals surface area contributed by atoms with Gasteiger partial charge in [-0.3, -0.25) is 0 Å². The molecule has 10 heavy (non-hydrogen) atoms. The van der Waals surface area contributed by atoms with Crippen LogP contribution in [-0.4, -0.2) is 18.6 Å². The van der Waals surface area contributed by atoms with Gasteiger partial charge in [0.25, 0.3) is 0 Å². The molecule has 0 aliphatic heterocycles. The lowest BCUT2D eigenvalue weighted by Gasteiger charge is -1.86. The summed E-state index contributed by atoms with van der Waals surface area (Å²) >= 11 is 3.17. The summed E-state index contributed by atoms with van der Waals surface area (Å²) in [5, 5.41) is 0. The second-order valence-electron chi connectivity index (χ2n) is 2.16. The molecular weight excluding hydrogens is 192 g/mol. The Labute approximate surface area is 69.9 Å². The van der Waals surface area contributed by atoms with E-state index in [1.807, 2.05) is 13.8 Å². The van der Waals surface area contributed by atoms with Crippen LogP contribution in [0.15, 0.2) is 21.0 Å². The first-order valence-corrected chi connectivity index (χ1v) is 3.87. The van der Waals surface area contributed by atoms with E-state index >= 15 is 0 Å². The maximum absolute atomic E-state index is 3.92. The van der Waals surface area contributed by atoms with E-state index in [0.29, 0.717) is 6.54 Å². The minimum atomic E-state index is 0.271. The lowest BCUT2D eigenvalue weighted by molar-refractivity contribution is 0.840. The fourth-order valence-electron chi connectivity index (χ4n) is 0.277. The van der Waals surface area contributed by atoms with E-state index in [-0.39, 0.29) is 6.04 Å². The van der Waals surface area contributed by atoms with Gasteiger partial charge >= 0.3 is 0 Å². The Morgan fingerprint density at radius 1 is 1.70 bits per heavy atom. The van der Waals surface area contributed by atoms with Gasteiger partial charge in [-0.1, -0.05) is 22.5 Å². The molecular formula is C7H11BrN2. The van der Waals surface area contributed by atoms with E-state index in [2.05, 4.69) is 38.5 Å². The zero-order valence-corrected chi connectivity index (χ0v) is 7.85. The molecule has 0 fully saturated rings. The quantitative estimate of drug-likeness (QED) is 0.629. The monoisotopic (exact) mass is 202 g/mol. The van der Waals surface area contributed by atoms with Gasteiger partial charge in [0.1, 0.15) is 0 Å². The molecule has 0 aliphatic carbocycles. The normalized spacial score (nSPS) is 8.80. The Morgan fingerprint density at radius 2 is 2.30 bits per heavy atom. The smallest absolute Gasteiger partial charge is 0.0898 e. The van der Waals surface area contributed by atoms with Crippen molar-refractivity contribution in [1.82, 2.24) is 0 Å². The number of nitrogens with zero attached hydrogens (tertiary/aromatic N) is 2. The van der Waals surface area contributed by atoms with Crippen molar-refractivity contribution >= 4 is 21.9 Å². The lowest BCUT2D eigenvalue weighted by atomic mass is 10.4. The van der Waals surface area contributed by atoms with E-state index in [1.54, 1.807) is 0 Å². The number of hydrogen-bond donors (Lipinski definition) is 0. The summed E-state index contributed by atoms with van der Waals surface area (Å²) in [4.78, 5) is 7.77. The van der Waals surface area contributed by atoms with Gasteiger partial charge in [-0.2, -0.15) is 0 Å². The second kappa shape index (κ2) is 5.39. The van der Waals surface area contributed by atoms with Gasteiger partial charge in [-0.15, -0.1) is 0 Å². The standard InChI is InChI=1S/C7H11BrN2/c1-6(2)10-5-9-4-7(3)8/h6H,3-4H2,1-2H3. The van der Waals surface area contributed by atoms with Crippen molar-refractivity contribution in [1.29, 1.82) is 0 Å². The van der Waals surface area contributed by atoms with Gasteiger partial charge in [0.15, 0.2) is 0 Å². The van der Waals surface area contributed by atoms with Crippen LogP contribution in [0.4, 0.5) is 0 Å². The van der Waals surface area contributed by atoms with Gasteiger partial charge in [0.2, 0.25) is 0 Å². The molecule has 0 N–H and O–H groups in total. The van der Waals surface area contributed by atoms with Crippen LogP contribution >= 0.6 is 15.9 Å². The molecule has 0 heterocycles. The van der Waals surface area contributed by atoms with E-state index in [1.165, 1.54) is 0 Å². The predicted octanol–water partition coefficient (Wildman–Crippen LogP) is 2.48. The van der Waals surface area contributed by atoms with E-state index in [0.717, 1.165) is 4.48 Å². The molecule has 0 aliphatic rings. The molecule has 0 atom stereocenters. The molecule has 0 aromatic carbocycles. The number of aliphatic imine (C=N–C) groups is 2. The molecule has 0 aromatic rings.